The summed E-state index contributed by atoms with van der Waals surface area (Å²) in [6, 6.07) is 4.78. The lowest BCUT2D eigenvalue weighted by molar-refractivity contribution is -0.385. The van der Waals surface area contributed by atoms with Gasteiger partial charge in [-0.15, -0.1) is 0 Å². The van der Waals surface area contributed by atoms with Gasteiger partial charge in [-0.2, -0.15) is 0 Å². The van der Waals surface area contributed by atoms with Gasteiger partial charge in [0.1, 0.15) is 11.9 Å². The third-order valence-corrected chi connectivity index (χ3v) is 3.08. The number of aliphatic hydroxyl groups excluding tert-OH is 1. The van der Waals surface area contributed by atoms with Gasteiger partial charge in [0.15, 0.2) is 0 Å². The van der Waals surface area contributed by atoms with Gasteiger partial charge in [0.05, 0.1) is 17.1 Å². The molecule has 1 N–H and O–H groups in total. The molecule has 0 amide bonds. The molecular formula is C12H15NO4. The van der Waals surface area contributed by atoms with Crippen molar-refractivity contribution in [1.29, 1.82) is 0 Å². The van der Waals surface area contributed by atoms with Gasteiger partial charge in [0, 0.05) is 5.56 Å². The largest absolute Gasteiger partial charge is 0.487 e. The Morgan fingerprint density at radius 1 is 1.47 bits per heavy atom. The summed E-state index contributed by atoms with van der Waals surface area (Å²) in [5.41, 5.74) is 0.657. The van der Waals surface area contributed by atoms with Crippen molar-refractivity contribution in [2.75, 3.05) is 0 Å². The first-order chi connectivity index (χ1) is 8.08. The van der Waals surface area contributed by atoms with Gasteiger partial charge in [-0.05, 0) is 38.3 Å². The van der Waals surface area contributed by atoms with Gasteiger partial charge in [-0.1, -0.05) is 0 Å². The summed E-state index contributed by atoms with van der Waals surface area (Å²) < 4.78 is 5.58. The van der Waals surface area contributed by atoms with Crippen LogP contribution in [0.4, 0.5) is 5.69 Å². The third kappa shape index (κ3) is 2.55. The van der Waals surface area contributed by atoms with Crippen molar-refractivity contribution in [2.24, 2.45) is 0 Å². The van der Waals surface area contributed by atoms with Crippen molar-refractivity contribution in [3.05, 3.63) is 33.9 Å². The molecule has 1 aromatic carbocycles. The summed E-state index contributed by atoms with van der Waals surface area (Å²) in [6.45, 7) is 1.69. The van der Waals surface area contributed by atoms with Crippen molar-refractivity contribution in [3.63, 3.8) is 0 Å². The summed E-state index contributed by atoms with van der Waals surface area (Å²) in [6.07, 6.45) is 1.76. The maximum atomic E-state index is 10.8. The predicted octanol–water partition coefficient (Wildman–Crippen LogP) is 2.20. The molecule has 2 rings (SSSR count). The number of aliphatic hydroxyl groups is 1. The van der Waals surface area contributed by atoms with Crippen LogP contribution in [0.5, 0.6) is 5.75 Å². The van der Waals surface area contributed by atoms with Crippen LogP contribution >= 0.6 is 0 Å². The summed E-state index contributed by atoms with van der Waals surface area (Å²) in [4.78, 5) is 10.4. The lowest BCUT2D eigenvalue weighted by Crippen LogP contribution is -2.25. The van der Waals surface area contributed by atoms with Crippen molar-refractivity contribution >= 4 is 5.69 Å². The fourth-order valence-corrected chi connectivity index (χ4v) is 2.08. The van der Waals surface area contributed by atoms with E-state index in [9.17, 15) is 15.2 Å². The van der Waals surface area contributed by atoms with Crippen LogP contribution < -0.4 is 4.74 Å². The van der Waals surface area contributed by atoms with Crippen LogP contribution in [0.3, 0.4) is 0 Å². The molecule has 0 saturated heterocycles. The highest BCUT2D eigenvalue weighted by molar-refractivity contribution is 5.45. The first-order valence-corrected chi connectivity index (χ1v) is 5.67. The van der Waals surface area contributed by atoms with E-state index in [0.717, 1.165) is 19.3 Å². The average Bonchev–Trinajstić information content (AvgIpc) is 2.67. The molecule has 1 saturated carbocycles. The molecule has 0 aliphatic heterocycles. The number of hydrogen-bond donors (Lipinski definition) is 1. The van der Waals surface area contributed by atoms with E-state index in [1.165, 1.54) is 6.07 Å². The first-order valence-electron chi connectivity index (χ1n) is 5.67. The molecule has 2 atom stereocenters. The standard InChI is InChI=1S/C12H15NO4/c1-8-5-6-9(7-10(8)13(15)16)17-12-4-2-3-11(12)14/h5-7,11-12,14H,2-4H2,1H3/t11-,12-/m0/s1. The van der Waals surface area contributed by atoms with E-state index in [1.807, 2.05) is 0 Å². The van der Waals surface area contributed by atoms with Gasteiger partial charge >= 0.3 is 0 Å². The molecule has 0 spiro atoms. The van der Waals surface area contributed by atoms with E-state index in [-0.39, 0.29) is 11.8 Å². The summed E-state index contributed by atoms with van der Waals surface area (Å²) in [7, 11) is 0. The number of benzene rings is 1. The average molecular weight is 237 g/mol. The molecule has 0 heterocycles. The lowest BCUT2D eigenvalue weighted by atomic mass is 10.2. The Balaban J connectivity index is 2.16. The normalized spacial score (nSPS) is 23.6. The highest BCUT2D eigenvalue weighted by Crippen LogP contribution is 2.28. The Morgan fingerprint density at radius 2 is 2.24 bits per heavy atom. The van der Waals surface area contributed by atoms with Gasteiger partial charge in [-0.25, -0.2) is 0 Å². The molecule has 0 aromatic heterocycles. The zero-order valence-electron chi connectivity index (χ0n) is 9.63. The number of rotatable bonds is 3. The van der Waals surface area contributed by atoms with E-state index in [0.29, 0.717) is 11.3 Å². The van der Waals surface area contributed by atoms with Crippen LogP contribution in [0, 0.1) is 17.0 Å². The van der Waals surface area contributed by atoms with Crippen molar-refractivity contribution < 1.29 is 14.8 Å². The smallest absolute Gasteiger partial charge is 0.276 e. The first kappa shape index (κ1) is 11.9. The molecule has 1 fully saturated rings. The Kier molecular flexibility index (Phi) is 3.28. The van der Waals surface area contributed by atoms with Crippen LogP contribution in [0.25, 0.3) is 0 Å². The second kappa shape index (κ2) is 4.71. The monoisotopic (exact) mass is 237 g/mol. The Hall–Kier alpha value is -1.62. The molecular weight excluding hydrogens is 222 g/mol. The molecule has 17 heavy (non-hydrogen) atoms. The van der Waals surface area contributed by atoms with Crippen molar-refractivity contribution in [3.8, 4) is 5.75 Å². The van der Waals surface area contributed by atoms with Gasteiger partial charge in [0.25, 0.3) is 5.69 Å². The van der Waals surface area contributed by atoms with Crippen LogP contribution in [0.1, 0.15) is 24.8 Å². The zero-order chi connectivity index (χ0) is 12.4. The van der Waals surface area contributed by atoms with E-state index in [2.05, 4.69) is 0 Å². The lowest BCUT2D eigenvalue weighted by Gasteiger charge is -2.17. The minimum atomic E-state index is -0.463. The molecule has 1 aliphatic carbocycles. The maximum absolute atomic E-state index is 10.8. The Bertz CT molecular complexity index is 433. The van der Waals surface area contributed by atoms with Crippen LogP contribution in [-0.2, 0) is 0 Å². The van der Waals surface area contributed by atoms with Gasteiger partial charge in [-0.3, -0.25) is 10.1 Å². The second-order valence-corrected chi connectivity index (χ2v) is 4.36. The van der Waals surface area contributed by atoms with E-state index >= 15 is 0 Å². The van der Waals surface area contributed by atoms with E-state index < -0.39 is 11.0 Å². The summed E-state index contributed by atoms with van der Waals surface area (Å²) in [5, 5.41) is 20.4. The second-order valence-electron chi connectivity index (χ2n) is 4.36. The molecule has 0 radical (unpaired) electrons. The Morgan fingerprint density at radius 3 is 2.82 bits per heavy atom. The number of hydrogen-bond acceptors (Lipinski definition) is 4. The fraction of sp³-hybridized carbons (Fsp3) is 0.500. The number of nitro benzene ring substituents is 1. The van der Waals surface area contributed by atoms with E-state index in [4.69, 9.17) is 4.74 Å². The summed E-state index contributed by atoms with van der Waals surface area (Å²) in [5.74, 6) is 0.452. The van der Waals surface area contributed by atoms with Crippen LogP contribution in [0.2, 0.25) is 0 Å². The van der Waals surface area contributed by atoms with Crippen LogP contribution in [0.15, 0.2) is 18.2 Å². The molecule has 0 unspecified atom stereocenters. The molecule has 92 valence electrons. The molecule has 1 aromatic rings. The number of aryl methyl sites for hydroxylation is 1. The molecule has 5 nitrogen and oxygen atoms in total. The SMILES string of the molecule is Cc1ccc(O[C@H]2CCC[C@@H]2O)cc1[N+](=O)[O-]. The Labute approximate surface area is 99.2 Å². The highest BCUT2D eigenvalue weighted by Gasteiger charge is 2.27. The molecule has 1 aliphatic rings. The predicted molar refractivity (Wildman–Crippen MR) is 62.1 cm³/mol. The zero-order valence-corrected chi connectivity index (χ0v) is 9.63. The minimum Gasteiger partial charge on any atom is -0.487 e. The maximum Gasteiger partial charge on any atom is 0.276 e. The van der Waals surface area contributed by atoms with Gasteiger partial charge < -0.3 is 9.84 Å². The van der Waals surface area contributed by atoms with Gasteiger partial charge in [0.2, 0.25) is 0 Å². The fourth-order valence-electron chi connectivity index (χ4n) is 2.08. The van der Waals surface area contributed by atoms with Crippen molar-refractivity contribution in [1.82, 2.24) is 0 Å². The molecule has 0 bridgehead atoms. The third-order valence-electron chi connectivity index (χ3n) is 3.08. The highest BCUT2D eigenvalue weighted by atomic mass is 16.6. The summed E-state index contributed by atoms with van der Waals surface area (Å²) >= 11 is 0. The quantitative estimate of drug-likeness (QED) is 0.646. The number of ether oxygens (including phenoxy) is 1. The minimum absolute atomic E-state index is 0.0509. The van der Waals surface area contributed by atoms with E-state index in [1.54, 1.807) is 19.1 Å². The van der Waals surface area contributed by atoms with Crippen molar-refractivity contribution in [2.45, 2.75) is 38.4 Å². The number of nitrogens with zero attached hydrogens (tertiary/aromatic N) is 1. The van der Waals surface area contributed by atoms with Crippen LogP contribution in [-0.4, -0.2) is 22.2 Å². The number of nitro groups is 1. The molecule has 5 heteroatoms. The topological polar surface area (TPSA) is 72.6 Å².